The fourth-order valence-corrected chi connectivity index (χ4v) is 2.82. The number of nitrogens with one attached hydrogen (secondary N) is 1. The zero-order valence-corrected chi connectivity index (χ0v) is 21.6. The molecule has 0 radical (unpaired) electrons. The maximum atomic E-state index is 12.2. The van der Waals surface area contributed by atoms with E-state index < -0.39 is 20.5 Å². The van der Waals surface area contributed by atoms with Crippen LogP contribution in [0.5, 0.6) is 5.75 Å². The number of methoxy groups -OCH3 is 1. The van der Waals surface area contributed by atoms with Gasteiger partial charge in [0.2, 0.25) is 5.91 Å². The normalized spacial score (nSPS) is 11.7. The maximum absolute atomic E-state index is 12.2. The SMILES string of the molecule is CCCCCCCC(=O)NC(COP(=O)([O-])[O-])c1ccccc1OC.[Na+].[Na+]. The zero-order chi connectivity index (χ0) is 18.7. The van der Waals surface area contributed by atoms with Gasteiger partial charge < -0.3 is 28.9 Å². The molecular weight excluding hydrogens is 391 g/mol. The van der Waals surface area contributed by atoms with E-state index in [1.54, 1.807) is 24.3 Å². The minimum absolute atomic E-state index is 0. The molecule has 1 unspecified atom stereocenters. The van der Waals surface area contributed by atoms with Crippen molar-refractivity contribution in [2.24, 2.45) is 0 Å². The van der Waals surface area contributed by atoms with E-state index in [4.69, 9.17) is 4.74 Å². The van der Waals surface area contributed by atoms with Crippen LogP contribution in [0.1, 0.15) is 57.1 Å². The second-order valence-corrected chi connectivity index (χ2v) is 6.92. The van der Waals surface area contributed by atoms with Gasteiger partial charge in [-0.15, -0.1) is 0 Å². The third kappa shape index (κ3) is 13.4. The van der Waals surface area contributed by atoms with Gasteiger partial charge in [-0.2, -0.15) is 0 Å². The standard InChI is InChI=1S/C17H28NO6P.2Na/c1-3-4-5-6-7-12-17(19)18-15(13-24-25(20,21)22)14-10-8-9-11-16(14)23-2;;/h8-11,15H,3-7,12-13H2,1-2H3,(H,18,19)(H2,20,21,22);;/q;2*+1/p-2. The Morgan fingerprint density at radius 1 is 1.15 bits per heavy atom. The molecule has 1 aromatic rings. The van der Waals surface area contributed by atoms with Crippen LogP contribution in [0.2, 0.25) is 0 Å². The number of hydrogen-bond acceptors (Lipinski definition) is 6. The molecule has 0 aromatic heterocycles. The molecule has 0 heterocycles. The predicted molar refractivity (Wildman–Crippen MR) is 90.8 cm³/mol. The van der Waals surface area contributed by atoms with E-state index in [9.17, 15) is 19.1 Å². The zero-order valence-electron chi connectivity index (χ0n) is 16.7. The minimum Gasteiger partial charge on any atom is -0.790 e. The predicted octanol–water partition coefficient (Wildman–Crippen LogP) is -3.93. The number of amides is 1. The first-order valence-electron chi connectivity index (χ1n) is 8.46. The van der Waals surface area contributed by atoms with Gasteiger partial charge in [-0.05, 0) is 12.5 Å². The van der Waals surface area contributed by atoms with Gasteiger partial charge in [0.05, 0.1) is 27.6 Å². The van der Waals surface area contributed by atoms with Crippen molar-refractivity contribution in [1.82, 2.24) is 5.32 Å². The molecule has 0 bridgehead atoms. The summed E-state index contributed by atoms with van der Waals surface area (Å²) in [4.78, 5) is 33.7. The van der Waals surface area contributed by atoms with Crippen LogP contribution in [0, 0.1) is 0 Å². The van der Waals surface area contributed by atoms with Gasteiger partial charge in [-0.25, -0.2) is 0 Å². The number of hydrogen-bond donors (Lipinski definition) is 1. The molecule has 0 aliphatic heterocycles. The number of carbonyl (C=O) groups is 1. The van der Waals surface area contributed by atoms with Crippen LogP contribution in [-0.2, 0) is 13.9 Å². The van der Waals surface area contributed by atoms with Crippen LogP contribution >= 0.6 is 7.82 Å². The monoisotopic (exact) mass is 417 g/mol. The van der Waals surface area contributed by atoms with E-state index in [0.717, 1.165) is 32.1 Å². The average molecular weight is 417 g/mol. The molecule has 10 heteroatoms. The van der Waals surface area contributed by atoms with Gasteiger partial charge in [0.15, 0.2) is 0 Å². The van der Waals surface area contributed by atoms with Crippen LogP contribution in [-0.4, -0.2) is 19.6 Å². The van der Waals surface area contributed by atoms with Crippen LogP contribution in [0.15, 0.2) is 24.3 Å². The molecule has 0 saturated carbocycles. The number of unbranched alkanes of at least 4 members (excludes halogenated alkanes) is 4. The van der Waals surface area contributed by atoms with E-state index in [-0.39, 0.29) is 65.0 Å². The van der Waals surface area contributed by atoms with E-state index >= 15 is 0 Å². The summed E-state index contributed by atoms with van der Waals surface area (Å²) < 4.78 is 20.4. The third-order valence-electron chi connectivity index (χ3n) is 3.76. The molecule has 1 amide bonds. The molecule has 0 aliphatic rings. The summed E-state index contributed by atoms with van der Waals surface area (Å²) in [5.74, 6) is 0.258. The molecular formula is C17H26NNa2O6P. The summed E-state index contributed by atoms with van der Waals surface area (Å²) in [5, 5.41) is 2.73. The van der Waals surface area contributed by atoms with Crippen molar-refractivity contribution >= 4 is 13.7 Å². The summed E-state index contributed by atoms with van der Waals surface area (Å²) >= 11 is 0. The van der Waals surface area contributed by atoms with Crippen LogP contribution in [0.3, 0.4) is 0 Å². The number of rotatable bonds is 12. The summed E-state index contributed by atoms with van der Waals surface area (Å²) in [7, 11) is -3.66. The Bertz CT molecular complexity index is 584. The van der Waals surface area contributed by atoms with Crippen molar-refractivity contribution in [1.29, 1.82) is 0 Å². The van der Waals surface area contributed by atoms with Gasteiger partial charge in [0, 0.05) is 12.0 Å². The van der Waals surface area contributed by atoms with Crippen molar-refractivity contribution in [3.05, 3.63) is 29.8 Å². The number of carbonyl (C=O) groups excluding carboxylic acids is 1. The number of phosphoric ester groups is 1. The largest absolute Gasteiger partial charge is 1.00 e. The van der Waals surface area contributed by atoms with Gasteiger partial charge in [0.25, 0.3) is 0 Å². The molecule has 7 nitrogen and oxygen atoms in total. The van der Waals surface area contributed by atoms with Crippen molar-refractivity contribution in [3.63, 3.8) is 0 Å². The van der Waals surface area contributed by atoms with Gasteiger partial charge >= 0.3 is 59.1 Å². The smallest absolute Gasteiger partial charge is 0.790 e. The summed E-state index contributed by atoms with van der Waals surface area (Å²) in [6.07, 6.45) is 5.41. The van der Waals surface area contributed by atoms with E-state index in [1.165, 1.54) is 7.11 Å². The second-order valence-electron chi connectivity index (χ2n) is 5.77. The third-order valence-corrected chi connectivity index (χ3v) is 4.22. The van der Waals surface area contributed by atoms with E-state index in [0.29, 0.717) is 17.7 Å². The molecule has 1 rings (SSSR count). The van der Waals surface area contributed by atoms with Crippen molar-refractivity contribution in [2.45, 2.75) is 51.5 Å². The first kappa shape index (κ1) is 29.8. The first-order valence-corrected chi connectivity index (χ1v) is 9.92. The average Bonchev–Trinajstić information content (AvgIpc) is 2.57. The number of para-hydroxylation sites is 1. The quantitative estimate of drug-likeness (QED) is 0.211. The molecule has 27 heavy (non-hydrogen) atoms. The van der Waals surface area contributed by atoms with Crippen LogP contribution < -0.4 is 79.0 Å². The van der Waals surface area contributed by atoms with Gasteiger partial charge in [0.1, 0.15) is 5.75 Å². The number of benzene rings is 1. The summed E-state index contributed by atoms with van der Waals surface area (Å²) in [6, 6.07) is 6.08. The fourth-order valence-electron chi connectivity index (χ4n) is 2.48. The molecule has 0 fully saturated rings. The Morgan fingerprint density at radius 3 is 2.37 bits per heavy atom. The van der Waals surface area contributed by atoms with E-state index in [2.05, 4.69) is 16.8 Å². The van der Waals surface area contributed by atoms with Crippen molar-refractivity contribution in [2.75, 3.05) is 13.7 Å². The molecule has 0 aliphatic carbocycles. The molecule has 1 atom stereocenters. The van der Waals surface area contributed by atoms with Gasteiger partial charge in [-0.3, -0.25) is 4.79 Å². The number of ether oxygens (including phenoxy) is 1. The summed E-state index contributed by atoms with van der Waals surface area (Å²) in [6.45, 7) is 1.65. The molecule has 0 spiro atoms. The summed E-state index contributed by atoms with van der Waals surface area (Å²) in [5.41, 5.74) is 0.554. The minimum atomic E-state index is -5.13. The van der Waals surface area contributed by atoms with Crippen molar-refractivity contribution in [3.8, 4) is 5.75 Å². The van der Waals surface area contributed by atoms with Crippen molar-refractivity contribution < 1.29 is 87.5 Å². The number of phosphoric acid groups is 1. The first-order chi connectivity index (χ1) is 11.9. The molecule has 1 N–H and O–H groups in total. The topological polar surface area (TPSA) is 111 Å². The molecule has 1 aromatic carbocycles. The van der Waals surface area contributed by atoms with Crippen LogP contribution in [0.25, 0.3) is 0 Å². The van der Waals surface area contributed by atoms with Crippen LogP contribution in [0.4, 0.5) is 0 Å². The Morgan fingerprint density at radius 2 is 1.78 bits per heavy atom. The maximum Gasteiger partial charge on any atom is 1.00 e. The van der Waals surface area contributed by atoms with E-state index in [1.807, 2.05) is 0 Å². The fraction of sp³-hybridized carbons (Fsp3) is 0.588. The second kappa shape index (κ2) is 16.4. The molecule has 0 saturated heterocycles. The van der Waals surface area contributed by atoms with Gasteiger partial charge in [-0.1, -0.05) is 50.8 Å². The molecule has 142 valence electrons. The Kier molecular flexibility index (Phi) is 18.1. The Balaban J connectivity index is 0. The Labute approximate surface area is 205 Å². The Hall–Kier alpha value is 0.600.